The Morgan fingerprint density at radius 2 is 1.33 bits per heavy atom. The zero-order valence-corrected chi connectivity index (χ0v) is 21.3. The van der Waals surface area contributed by atoms with E-state index in [0.29, 0.717) is 39.7 Å². The van der Waals surface area contributed by atoms with Crippen molar-refractivity contribution >= 4 is 34.3 Å². The first-order chi connectivity index (χ1) is 19.1. The number of benzene rings is 4. The van der Waals surface area contributed by atoms with Crippen LogP contribution in [0.2, 0.25) is 0 Å². The highest BCUT2D eigenvalue weighted by atomic mass is 16.2. The van der Waals surface area contributed by atoms with E-state index in [4.69, 9.17) is 4.98 Å². The lowest BCUT2D eigenvalue weighted by molar-refractivity contribution is 0.0926. The normalized spacial score (nSPS) is 13.4. The van der Waals surface area contributed by atoms with Crippen molar-refractivity contribution in [3.05, 3.63) is 131 Å². The van der Waals surface area contributed by atoms with Crippen LogP contribution in [0.3, 0.4) is 0 Å². The Balaban J connectivity index is 1.61. The van der Waals surface area contributed by atoms with Gasteiger partial charge in [-0.05, 0) is 30.2 Å². The molecule has 2 heterocycles. The average Bonchev–Trinajstić information content (AvgIpc) is 3.24. The summed E-state index contributed by atoms with van der Waals surface area (Å²) in [5, 5.41) is 3.73. The lowest BCUT2D eigenvalue weighted by Crippen LogP contribution is -2.35. The molecular weight excluding hydrogens is 486 g/mol. The zero-order chi connectivity index (χ0) is 26.9. The molecule has 0 unspecified atom stereocenters. The Bertz CT molecular complexity index is 1700. The standard InChI is InChI=1S/C33H25N3O3/c1-2-26(21-13-5-3-6-14-21)35-31(37)28-25-19-11-12-20-27(25)34-29(22-15-7-4-8-16-22)30(28)36-32(38)23-17-9-10-18-24(23)33(36)39/h3-20,26H,2H2,1H3,(H,35,37)/t26-/m1/s1. The fourth-order valence-corrected chi connectivity index (χ4v) is 5.18. The smallest absolute Gasteiger partial charge is 0.266 e. The molecule has 0 bridgehead atoms. The number of anilines is 1. The largest absolute Gasteiger partial charge is 0.345 e. The minimum atomic E-state index is -0.478. The Hall–Kier alpha value is -5.10. The van der Waals surface area contributed by atoms with E-state index in [9.17, 15) is 14.4 Å². The summed E-state index contributed by atoms with van der Waals surface area (Å²) in [5.74, 6) is -1.34. The van der Waals surface area contributed by atoms with Crippen LogP contribution in [0.25, 0.3) is 22.2 Å². The van der Waals surface area contributed by atoms with Gasteiger partial charge in [0.25, 0.3) is 17.7 Å². The molecule has 0 saturated heterocycles. The van der Waals surface area contributed by atoms with Crippen LogP contribution in [0.1, 0.15) is 56.0 Å². The summed E-state index contributed by atoms with van der Waals surface area (Å²) in [5.41, 5.74) is 3.68. The minimum absolute atomic E-state index is 0.187. The van der Waals surface area contributed by atoms with E-state index in [2.05, 4.69) is 5.32 Å². The fourth-order valence-electron chi connectivity index (χ4n) is 5.18. The predicted octanol–water partition coefficient (Wildman–Crippen LogP) is 6.58. The first kappa shape index (κ1) is 24.2. The maximum absolute atomic E-state index is 14.3. The number of amides is 3. The van der Waals surface area contributed by atoms with Gasteiger partial charge in [-0.25, -0.2) is 9.88 Å². The van der Waals surface area contributed by atoms with E-state index >= 15 is 0 Å². The third-order valence-electron chi connectivity index (χ3n) is 7.07. The minimum Gasteiger partial charge on any atom is -0.345 e. The number of hydrogen-bond acceptors (Lipinski definition) is 4. The second-order valence-electron chi connectivity index (χ2n) is 9.40. The van der Waals surface area contributed by atoms with Gasteiger partial charge in [-0.1, -0.05) is 97.9 Å². The number of imide groups is 1. The molecule has 190 valence electrons. The monoisotopic (exact) mass is 511 g/mol. The number of carbonyl (C=O) groups is 3. The number of aromatic nitrogens is 1. The molecule has 0 saturated carbocycles. The van der Waals surface area contributed by atoms with Crippen molar-refractivity contribution in [3.63, 3.8) is 0 Å². The van der Waals surface area contributed by atoms with Crippen LogP contribution in [0, 0.1) is 0 Å². The van der Waals surface area contributed by atoms with E-state index < -0.39 is 11.8 Å². The van der Waals surface area contributed by atoms with Crippen molar-refractivity contribution in [2.45, 2.75) is 19.4 Å². The van der Waals surface area contributed by atoms with Crippen LogP contribution >= 0.6 is 0 Å². The van der Waals surface area contributed by atoms with Crippen LogP contribution in [0.5, 0.6) is 0 Å². The molecule has 5 aromatic rings. The fraction of sp³-hybridized carbons (Fsp3) is 0.0909. The van der Waals surface area contributed by atoms with Gasteiger partial charge in [0.2, 0.25) is 0 Å². The second-order valence-corrected chi connectivity index (χ2v) is 9.40. The average molecular weight is 512 g/mol. The van der Waals surface area contributed by atoms with Gasteiger partial charge < -0.3 is 5.32 Å². The van der Waals surface area contributed by atoms with Crippen LogP contribution < -0.4 is 10.2 Å². The number of fused-ring (bicyclic) bond motifs is 2. The lowest BCUT2D eigenvalue weighted by atomic mass is 9.98. The Morgan fingerprint density at radius 1 is 0.769 bits per heavy atom. The molecule has 6 nitrogen and oxygen atoms in total. The van der Waals surface area contributed by atoms with Gasteiger partial charge in [0, 0.05) is 10.9 Å². The lowest BCUT2D eigenvalue weighted by Gasteiger charge is -2.25. The molecule has 1 aliphatic heterocycles. The van der Waals surface area contributed by atoms with Gasteiger partial charge in [-0.2, -0.15) is 0 Å². The van der Waals surface area contributed by atoms with E-state index in [1.54, 1.807) is 30.3 Å². The Labute approximate surface area is 225 Å². The highest BCUT2D eigenvalue weighted by Crippen LogP contribution is 2.41. The summed E-state index contributed by atoms with van der Waals surface area (Å²) >= 11 is 0. The number of nitrogens with zero attached hydrogens (tertiary/aromatic N) is 2. The molecule has 0 aliphatic carbocycles. The first-order valence-corrected chi connectivity index (χ1v) is 12.9. The van der Waals surface area contributed by atoms with Gasteiger partial charge in [-0.15, -0.1) is 0 Å². The van der Waals surface area contributed by atoms with Gasteiger partial charge in [0.05, 0.1) is 39.6 Å². The predicted molar refractivity (Wildman–Crippen MR) is 152 cm³/mol. The summed E-state index contributed by atoms with van der Waals surface area (Å²) in [7, 11) is 0. The highest BCUT2D eigenvalue weighted by molar-refractivity contribution is 6.37. The molecule has 1 aliphatic rings. The topological polar surface area (TPSA) is 79.4 Å². The quantitative estimate of drug-likeness (QED) is 0.261. The zero-order valence-electron chi connectivity index (χ0n) is 21.3. The van der Waals surface area contributed by atoms with Gasteiger partial charge in [0.1, 0.15) is 0 Å². The molecule has 0 fully saturated rings. The number of nitrogens with one attached hydrogen (secondary N) is 1. The van der Waals surface area contributed by atoms with E-state index in [0.717, 1.165) is 10.5 Å². The van der Waals surface area contributed by atoms with Gasteiger partial charge >= 0.3 is 0 Å². The van der Waals surface area contributed by atoms with E-state index in [-0.39, 0.29) is 23.2 Å². The third kappa shape index (κ3) is 4.16. The molecule has 0 spiro atoms. The highest BCUT2D eigenvalue weighted by Gasteiger charge is 2.41. The maximum Gasteiger partial charge on any atom is 0.266 e. The van der Waals surface area contributed by atoms with Gasteiger partial charge in [0.15, 0.2) is 0 Å². The number of para-hydroxylation sites is 1. The molecule has 1 atom stereocenters. The Kier molecular flexibility index (Phi) is 6.21. The number of pyridine rings is 1. The molecule has 4 aromatic carbocycles. The summed E-state index contributed by atoms with van der Waals surface area (Å²) in [6.07, 6.45) is 0.659. The molecule has 39 heavy (non-hydrogen) atoms. The summed E-state index contributed by atoms with van der Waals surface area (Å²) < 4.78 is 0. The summed E-state index contributed by atoms with van der Waals surface area (Å²) in [6, 6.07) is 32.8. The van der Waals surface area contributed by atoms with Gasteiger partial charge in [-0.3, -0.25) is 14.4 Å². The molecule has 3 amide bonds. The van der Waals surface area contributed by atoms with Crippen LogP contribution in [0.15, 0.2) is 109 Å². The molecular formula is C33H25N3O3. The van der Waals surface area contributed by atoms with Crippen molar-refractivity contribution in [1.82, 2.24) is 10.3 Å². The van der Waals surface area contributed by atoms with Crippen molar-refractivity contribution < 1.29 is 14.4 Å². The van der Waals surface area contributed by atoms with Crippen molar-refractivity contribution in [2.24, 2.45) is 0 Å². The maximum atomic E-state index is 14.3. The van der Waals surface area contributed by atoms with Crippen molar-refractivity contribution in [3.8, 4) is 11.3 Å². The van der Waals surface area contributed by atoms with Crippen LogP contribution in [-0.2, 0) is 0 Å². The van der Waals surface area contributed by atoms with Crippen LogP contribution in [0.4, 0.5) is 5.69 Å². The van der Waals surface area contributed by atoms with Crippen LogP contribution in [-0.4, -0.2) is 22.7 Å². The summed E-state index contributed by atoms with van der Waals surface area (Å²) in [6.45, 7) is 2.00. The SMILES string of the molecule is CC[C@@H](NC(=O)c1c(N2C(=O)c3ccccc3C2=O)c(-c2ccccc2)nc2ccccc12)c1ccccc1. The molecule has 1 N–H and O–H groups in total. The third-order valence-corrected chi connectivity index (χ3v) is 7.07. The van der Waals surface area contributed by atoms with Crippen molar-refractivity contribution in [1.29, 1.82) is 0 Å². The number of carbonyl (C=O) groups excluding carboxylic acids is 3. The molecule has 6 heteroatoms. The first-order valence-electron chi connectivity index (χ1n) is 12.9. The number of rotatable bonds is 6. The molecule has 1 aromatic heterocycles. The summed E-state index contributed by atoms with van der Waals surface area (Å²) in [4.78, 5) is 47.8. The van der Waals surface area contributed by atoms with Crippen molar-refractivity contribution in [2.75, 3.05) is 4.90 Å². The van der Waals surface area contributed by atoms with E-state index in [1.165, 1.54) is 0 Å². The molecule has 6 rings (SSSR count). The number of hydrogen-bond donors (Lipinski definition) is 1. The van der Waals surface area contributed by atoms with E-state index in [1.807, 2.05) is 85.8 Å². The second kappa shape index (κ2) is 9.99. The Morgan fingerprint density at radius 3 is 1.97 bits per heavy atom. The molecule has 0 radical (unpaired) electrons.